The molecular formula is C28H39N3O3. The van der Waals surface area contributed by atoms with Gasteiger partial charge in [-0.1, -0.05) is 49.7 Å². The average Bonchev–Trinajstić information content (AvgIpc) is 2.83. The maximum absolute atomic E-state index is 12.9. The molecule has 0 radical (unpaired) electrons. The second-order valence-electron chi connectivity index (χ2n) is 9.61. The largest absolute Gasteiger partial charge is 0.483 e. The van der Waals surface area contributed by atoms with Crippen molar-refractivity contribution in [3.63, 3.8) is 0 Å². The number of rotatable bonds is 11. The highest BCUT2D eigenvalue weighted by atomic mass is 16.5. The van der Waals surface area contributed by atoms with E-state index in [0.717, 1.165) is 74.6 Å². The highest BCUT2D eigenvalue weighted by molar-refractivity contribution is 5.88. The van der Waals surface area contributed by atoms with Crippen LogP contribution >= 0.6 is 0 Å². The summed E-state index contributed by atoms with van der Waals surface area (Å²) in [4.78, 5) is 32.0. The Morgan fingerprint density at radius 1 is 0.971 bits per heavy atom. The zero-order valence-electron chi connectivity index (χ0n) is 20.6. The lowest BCUT2D eigenvalue weighted by Gasteiger charge is -2.43. The average molecular weight is 466 g/mol. The molecule has 6 heteroatoms. The molecule has 2 fully saturated rings. The van der Waals surface area contributed by atoms with Crippen molar-refractivity contribution < 1.29 is 14.3 Å². The fraction of sp³-hybridized carbons (Fsp3) is 0.571. The minimum absolute atomic E-state index is 0.00762. The Kier molecular flexibility index (Phi) is 8.80. The first-order valence-electron chi connectivity index (χ1n) is 13.1. The predicted molar refractivity (Wildman–Crippen MR) is 136 cm³/mol. The molecule has 0 atom stereocenters. The Balaban J connectivity index is 1.18. The van der Waals surface area contributed by atoms with Crippen LogP contribution < -0.4 is 4.74 Å². The number of piperazine rings is 1. The number of carbonyl (C=O) groups is 2. The van der Waals surface area contributed by atoms with Gasteiger partial charge in [-0.05, 0) is 43.6 Å². The van der Waals surface area contributed by atoms with Crippen LogP contribution in [-0.4, -0.2) is 78.4 Å². The van der Waals surface area contributed by atoms with E-state index < -0.39 is 0 Å². The molecule has 1 saturated carbocycles. The summed E-state index contributed by atoms with van der Waals surface area (Å²) in [7, 11) is 0. The van der Waals surface area contributed by atoms with Crippen molar-refractivity contribution in [2.75, 3.05) is 45.9 Å². The summed E-state index contributed by atoms with van der Waals surface area (Å²) in [6, 6.07) is 14.7. The number of amides is 2. The van der Waals surface area contributed by atoms with Crippen molar-refractivity contribution in [1.82, 2.24) is 14.7 Å². The lowest BCUT2D eigenvalue weighted by Crippen LogP contribution is -2.53. The topological polar surface area (TPSA) is 53.1 Å². The molecule has 1 saturated heterocycles. The summed E-state index contributed by atoms with van der Waals surface area (Å²) in [5.74, 6) is 1.01. The van der Waals surface area contributed by atoms with E-state index >= 15 is 0 Å². The molecule has 0 unspecified atom stereocenters. The van der Waals surface area contributed by atoms with Gasteiger partial charge in [-0.3, -0.25) is 14.5 Å². The molecule has 4 rings (SSSR count). The van der Waals surface area contributed by atoms with Crippen molar-refractivity contribution in [2.45, 2.75) is 57.9 Å². The zero-order chi connectivity index (χ0) is 23.8. The van der Waals surface area contributed by atoms with Crippen molar-refractivity contribution in [3.05, 3.63) is 42.5 Å². The van der Waals surface area contributed by atoms with Gasteiger partial charge in [0, 0.05) is 57.1 Å². The van der Waals surface area contributed by atoms with Gasteiger partial charge in [-0.15, -0.1) is 0 Å². The molecule has 2 amide bonds. The molecule has 2 aliphatic rings. The summed E-state index contributed by atoms with van der Waals surface area (Å²) in [5, 5.41) is 2.12. The number of benzene rings is 2. The molecule has 1 aliphatic heterocycles. The Labute approximate surface area is 203 Å². The first-order valence-corrected chi connectivity index (χ1v) is 13.1. The maximum Gasteiger partial charge on any atom is 0.260 e. The minimum Gasteiger partial charge on any atom is -0.483 e. The molecule has 2 aromatic rings. The van der Waals surface area contributed by atoms with Crippen LogP contribution in [0.25, 0.3) is 10.8 Å². The van der Waals surface area contributed by atoms with Crippen LogP contribution in [-0.2, 0) is 9.59 Å². The van der Waals surface area contributed by atoms with Gasteiger partial charge in [-0.25, -0.2) is 0 Å². The third-order valence-electron chi connectivity index (χ3n) is 7.27. The Morgan fingerprint density at radius 2 is 1.74 bits per heavy atom. The molecule has 2 aromatic carbocycles. The summed E-state index contributed by atoms with van der Waals surface area (Å²) in [6.07, 6.45) is 7.15. The van der Waals surface area contributed by atoms with E-state index in [9.17, 15) is 9.59 Å². The maximum atomic E-state index is 12.9. The molecule has 6 nitrogen and oxygen atoms in total. The Morgan fingerprint density at radius 3 is 2.47 bits per heavy atom. The van der Waals surface area contributed by atoms with E-state index in [1.54, 1.807) is 0 Å². The first-order chi connectivity index (χ1) is 16.7. The number of ether oxygens (including phenoxy) is 1. The molecular weight excluding hydrogens is 426 g/mol. The fourth-order valence-corrected chi connectivity index (χ4v) is 5.01. The second kappa shape index (κ2) is 12.2. The molecule has 0 spiro atoms. The molecule has 34 heavy (non-hydrogen) atoms. The first kappa shape index (κ1) is 24.5. The van der Waals surface area contributed by atoms with Crippen LogP contribution in [0.3, 0.4) is 0 Å². The molecule has 0 aromatic heterocycles. The number of unbranched alkanes of at least 4 members (excludes halogenated alkanes) is 1. The number of fused-ring (bicyclic) bond motifs is 1. The number of nitrogens with zero attached hydrogens (tertiary/aromatic N) is 3. The smallest absolute Gasteiger partial charge is 0.260 e. The lowest BCUT2D eigenvalue weighted by atomic mass is 9.91. The minimum atomic E-state index is 0.00762. The van der Waals surface area contributed by atoms with Crippen molar-refractivity contribution >= 4 is 22.6 Å². The van der Waals surface area contributed by atoms with Gasteiger partial charge in [0.05, 0.1) is 0 Å². The van der Waals surface area contributed by atoms with Crippen molar-refractivity contribution in [1.29, 1.82) is 0 Å². The monoisotopic (exact) mass is 465 g/mol. The standard InChI is InChI=1S/C28H39N3O3/c1-2-16-30(28(33)22-34-26-14-7-10-23-9-3-4-13-25(23)26)17-6-5-15-27(32)31-20-18-29(19-21-31)24-11-8-12-24/h3-4,7,9-10,13-14,24H,2,5-6,8,11-12,15-22H2,1H3. The van der Waals surface area contributed by atoms with Crippen LogP contribution in [0.5, 0.6) is 5.75 Å². The predicted octanol–water partition coefficient (Wildman–Crippen LogP) is 4.32. The molecule has 0 N–H and O–H groups in total. The zero-order valence-corrected chi connectivity index (χ0v) is 20.6. The quantitative estimate of drug-likeness (QED) is 0.464. The highest BCUT2D eigenvalue weighted by Crippen LogP contribution is 2.26. The van der Waals surface area contributed by atoms with E-state index in [4.69, 9.17) is 4.74 Å². The van der Waals surface area contributed by atoms with Crippen LogP contribution in [0.15, 0.2) is 42.5 Å². The van der Waals surface area contributed by atoms with Crippen molar-refractivity contribution in [2.24, 2.45) is 0 Å². The third kappa shape index (κ3) is 6.29. The number of carbonyl (C=O) groups excluding carboxylic acids is 2. The van der Waals surface area contributed by atoms with Gasteiger partial charge in [-0.2, -0.15) is 0 Å². The third-order valence-corrected chi connectivity index (χ3v) is 7.27. The van der Waals surface area contributed by atoms with Gasteiger partial charge in [0.15, 0.2) is 6.61 Å². The normalized spacial score (nSPS) is 16.9. The van der Waals surface area contributed by atoms with Gasteiger partial charge in [0.2, 0.25) is 5.91 Å². The van der Waals surface area contributed by atoms with Gasteiger partial charge in [0.25, 0.3) is 5.91 Å². The van der Waals surface area contributed by atoms with E-state index in [1.165, 1.54) is 19.3 Å². The molecule has 0 bridgehead atoms. The lowest BCUT2D eigenvalue weighted by molar-refractivity contribution is -0.133. The van der Waals surface area contributed by atoms with E-state index in [0.29, 0.717) is 13.0 Å². The van der Waals surface area contributed by atoms with Crippen LogP contribution in [0.4, 0.5) is 0 Å². The molecule has 1 aliphatic carbocycles. The Bertz CT molecular complexity index is 946. The van der Waals surface area contributed by atoms with Gasteiger partial charge >= 0.3 is 0 Å². The molecule has 184 valence electrons. The SMILES string of the molecule is CCCN(CCCCC(=O)N1CCN(C2CCC2)CC1)C(=O)COc1cccc2ccccc12. The van der Waals surface area contributed by atoms with E-state index in [-0.39, 0.29) is 18.4 Å². The number of hydrogen-bond donors (Lipinski definition) is 0. The van der Waals surface area contributed by atoms with Crippen LogP contribution in [0, 0.1) is 0 Å². The summed E-state index contributed by atoms with van der Waals surface area (Å²) < 4.78 is 5.91. The van der Waals surface area contributed by atoms with Gasteiger partial charge in [0.1, 0.15) is 5.75 Å². The van der Waals surface area contributed by atoms with Gasteiger partial charge < -0.3 is 14.5 Å². The highest BCUT2D eigenvalue weighted by Gasteiger charge is 2.29. The van der Waals surface area contributed by atoms with E-state index in [2.05, 4.69) is 11.8 Å². The fourth-order valence-electron chi connectivity index (χ4n) is 5.01. The summed E-state index contributed by atoms with van der Waals surface area (Å²) >= 11 is 0. The number of hydrogen-bond acceptors (Lipinski definition) is 4. The van der Waals surface area contributed by atoms with Crippen LogP contribution in [0.1, 0.15) is 51.9 Å². The second-order valence-corrected chi connectivity index (χ2v) is 9.61. The van der Waals surface area contributed by atoms with Crippen molar-refractivity contribution in [3.8, 4) is 5.75 Å². The van der Waals surface area contributed by atoms with E-state index in [1.807, 2.05) is 52.3 Å². The summed E-state index contributed by atoms with van der Waals surface area (Å²) in [6.45, 7) is 7.28. The van der Waals surface area contributed by atoms with Crippen LogP contribution in [0.2, 0.25) is 0 Å². The molecule has 1 heterocycles. The Hall–Kier alpha value is -2.60. The summed E-state index contributed by atoms with van der Waals surface area (Å²) in [5.41, 5.74) is 0.